The largest absolute Gasteiger partial charge is 0.477 e. The monoisotopic (exact) mass is 531 g/mol. The van der Waals surface area contributed by atoms with Crippen molar-refractivity contribution < 1.29 is 53.4 Å². The van der Waals surface area contributed by atoms with Crippen molar-refractivity contribution in [2.45, 2.75) is 89.6 Å². The summed E-state index contributed by atoms with van der Waals surface area (Å²) in [5.74, 6) is -6.31. The Bertz CT molecular complexity index is 685. The molecule has 1 heterocycles. The van der Waals surface area contributed by atoms with Crippen LogP contribution in [0, 0.1) is 5.92 Å². The molecule has 0 spiro atoms. The van der Waals surface area contributed by atoms with Crippen LogP contribution in [0.1, 0.15) is 59.3 Å². The van der Waals surface area contributed by atoms with Gasteiger partial charge < -0.3 is 49.2 Å². The Labute approximate surface area is 204 Å². The molecule has 0 saturated carbocycles. The first-order valence-electron chi connectivity index (χ1n) is 11.4. The number of unbranched alkanes of at least 4 members (excludes halogenated alkanes) is 2. The molecule has 0 radical (unpaired) electrons. The normalized spacial score (nSPS) is 27.2. The van der Waals surface area contributed by atoms with Gasteiger partial charge >= 0.3 is 12.7 Å². The third kappa shape index (κ3) is 9.73. The van der Waals surface area contributed by atoms with Crippen molar-refractivity contribution >= 4 is 30.4 Å². The topological polar surface area (TPSA) is 184 Å². The molecule has 1 aliphatic rings. The van der Waals surface area contributed by atoms with Gasteiger partial charge in [0, 0.05) is 19.8 Å². The number of carbonyl (C=O) groups is 2. The zero-order valence-electron chi connectivity index (χ0n) is 19.8. The molecule has 6 atom stereocenters. The SMILES string of the molecule is CCCCOP(=S)(OCCCC)O[C@H](CO)C[C@@H]1O[C@](O)(C(=O)O)C[C@H](O)[C@@H]1[C@H](O)NC(C)=O. The summed E-state index contributed by atoms with van der Waals surface area (Å²) in [5.41, 5.74) is 0. The number of carboxylic acid groups (broad SMARTS) is 1. The molecule has 0 aliphatic carbocycles. The molecule has 12 nitrogen and oxygen atoms in total. The summed E-state index contributed by atoms with van der Waals surface area (Å²) in [6.45, 7) is 1.74. The van der Waals surface area contributed by atoms with E-state index >= 15 is 0 Å². The van der Waals surface area contributed by atoms with Crippen molar-refractivity contribution in [2.75, 3.05) is 19.8 Å². The highest BCUT2D eigenvalue weighted by atomic mass is 32.5. The Kier molecular flexibility index (Phi) is 13.6. The molecule has 1 saturated heterocycles. The zero-order chi connectivity index (χ0) is 25.9. The lowest BCUT2D eigenvalue weighted by atomic mass is 9.83. The average Bonchev–Trinajstić information content (AvgIpc) is 2.72. The Balaban J connectivity index is 3.12. The van der Waals surface area contributed by atoms with E-state index in [-0.39, 0.29) is 19.6 Å². The van der Waals surface area contributed by atoms with Crippen molar-refractivity contribution in [1.29, 1.82) is 0 Å². The molecular formula is C20H38NO11PS. The molecule has 0 bridgehead atoms. The van der Waals surface area contributed by atoms with E-state index in [1.807, 2.05) is 13.8 Å². The maximum absolute atomic E-state index is 11.5. The first-order valence-corrected chi connectivity index (χ1v) is 13.9. The van der Waals surface area contributed by atoms with Crippen LogP contribution in [0.3, 0.4) is 0 Å². The predicted molar refractivity (Wildman–Crippen MR) is 124 cm³/mol. The minimum absolute atomic E-state index is 0.277. The lowest BCUT2D eigenvalue weighted by Crippen LogP contribution is -2.61. The van der Waals surface area contributed by atoms with Crippen LogP contribution in [0.2, 0.25) is 0 Å². The molecule has 0 aromatic carbocycles. The summed E-state index contributed by atoms with van der Waals surface area (Å²) in [5, 5.41) is 52.9. The number of amides is 1. The number of carboxylic acids is 1. The summed E-state index contributed by atoms with van der Waals surface area (Å²) >= 11 is 5.48. The summed E-state index contributed by atoms with van der Waals surface area (Å²) < 4.78 is 22.6. The second-order valence-corrected chi connectivity index (χ2v) is 11.2. The molecule has 34 heavy (non-hydrogen) atoms. The molecule has 1 amide bonds. The van der Waals surface area contributed by atoms with E-state index in [2.05, 4.69) is 5.32 Å². The number of aliphatic hydroxyl groups excluding tert-OH is 3. The quantitative estimate of drug-likeness (QED) is 0.0928. The Hall–Kier alpha value is -0.730. The molecule has 200 valence electrons. The van der Waals surface area contributed by atoms with E-state index in [1.54, 1.807) is 0 Å². The molecular weight excluding hydrogens is 493 g/mol. The standard InChI is InChI=1S/C20H38NO11PS/c1-4-6-8-29-33(34,30-9-7-5-2)32-14(12-22)10-16-17(18(25)21-13(3)23)15(24)11-20(28,31-16)19(26)27/h14-18,22,24-25,28H,4-12H2,1-3H3,(H,21,23)(H,26,27)/t14-,15-,16-,17-,18-,20-/m0/s1. The number of hydrogen-bond donors (Lipinski definition) is 6. The van der Waals surface area contributed by atoms with Gasteiger partial charge in [0.05, 0.1) is 44.1 Å². The van der Waals surface area contributed by atoms with Gasteiger partial charge in [-0.1, -0.05) is 26.7 Å². The maximum atomic E-state index is 11.5. The van der Waals surface area contributed by atoms with Crippen molar-refractivity contribution in [3.05, 3.63) is 0 Å². The van der Waals surface area contributed by atoms with E-state index < -0.39 is 67.9 Å². The van der Waals surface area contributed by atoms with Gasteiger partial charge in [-0.2, -0.15) is 0 Å². The molecule has 1 aliphatic heterocycles. The minimum atomic E-state index is -3.31. The Morgan fingerprint density at radius 3 is 2.24 bits per heavy atom. The molecule has 0 aromatic rings. The first kappa shape index (κ1) is 31.3. The number of carbonyl (C=O) groups excluding carboxylic acids is 1. The Morgan fingerprint density at radius 1 is 1.24 bits per heavy atom. The highest BCUT2D eigenvalue weighted by molar-refractivity contribution is 8.07. The molecule has 0 unspecified atom stereocenters. The van der Waals surface area contributed by atoms with E-state index in [4.69, 9.17) is 30.1 Å². The number of nitrogens with one attached hydrogen (secondary N) is 1. The van der Waals surface area contributed by atoms with Crippen molar-refractivity contribution in [3.8, 4) is 0 Å². The number of rotatable bonds is 16. The lowest BCUT2D eigenvalue weighted by Gasteiger charge is -2.44. The van der Waals surface area contributed by atoms with Gasteiger partial charge in [-0.15, -0.1) is 0 Å². The fraction of sp³-hybridized carbons (Fsp3) is 0.900. The summed E-state index contributed by atoms with van der Waals surface area (Å²) in [6, 6.07) is 0. The fourth-order valence-corrected chi connectivity index (χ4v) is 5.67. The van der Waals surface area contributed by atoms with Crippen LogP contribution in [-0.4, -0.2) is 87.6 Å². The van der Waals surface area contributed by atoms with Gasteiger partial charge in [-0.25, -0.2) is 4.79 Å². The predicted octanol–water partition coefficient (Wildman–Crippen LogP) is 0.606. The van der Waals surface area contributed by atoms with Gasteiger partial charge in [-0.3, -0.25) is 4.79 Å². The van der Waals surface area contributed by atoms with E-state index in [0.717, 1.165) is 19.8 Å². The van der Waals surface area contributed by atoms with Crippen molar-refractivity contribution in [2.24, 2.45) is 5.92 Å². The van der Waals surface area contributed by atoms with Crippen LogP contribution in [0.5, 0.6) is 0 Å². The minimum Gasteiger partial charge on any atom is -0.477 e. The van der Waals surface area contributed by atoms with E-state index in [9.17, 15) is 35.1 Å². The first-order chi connectivity index (χ1) is 15.9. The lowest BCUT2D eigenvalue weighted by molar-refractivity contribution is -0.297. The number of hydrogen-bond acceptors (Lipinski definition) is 11. The van der Waals surface area contributed by atoms with Crippen molar-refractivity contribution in [3.63, 3.8) is 0 Å². The van der Waals surface area contributed by atoms with Crippen molar-refractivity contribution in [1.82, 2.24) is 5.32 Å². The van der Waals surface area contributed by atoms with E-state index in [1.165, 1.54) is 0 Å². The second-order valence-electron chi connectivity index (χ2n) is 8.21. The van der Waals surface area contributed by atoms with Gasteiger partial charge in [0.15, 0.2) is 0 Å². The summed E-state index contributed by atoms with van der Waals surface area (Å²) in [7, 11) is 0. The summed E-state index contributed by atoms with van der Waals surface area (Å²) in [4.78, 5) is 23.0. The molecule has 0 aromatic heterocycles. The Morgan fingerprint density at radius 2 is 1.79 bits per heavy atom. The molecule has 14 heteroatoms. The molecule has 1 fully saturated rings. The number of aliphatic carboxylic acids is 1. The fourth-order valence-electron chi connectivity index (χ4n) is 3.44. The highest BCUT2D eigenvalue weighted by Gasteiger charge is 2.53. The molecule has 1 rings (SSSR count). The van der Waals surface area contributed by atoms with Crippen LogP contribution in [0.25, 0.3) is 0 Å². The summed E-state index contributed by atoms with van der Waals surface area (Å²) in [6.07, 6.45) is -3.58. The van der Waals surface area contributed by atoms with Gasteiger partial charge in [0.1, 0.15) is 6.23 Å². The third-order valence-corrected chi connectivity index (χ3v) is 7.67. The van der Waals surface area contributed by atoms with Crippen LogP contribution >= 0.6 is 6.72 Å². The van der Waals surface area contributed by atoms with Crippen LogP contribution in [-0.2, 0) is 39.7 Å². The zero-order valence-corrected chi connectivity index (χ0v) is 21.5. The number of ether oxygens (including phenoxy) is 1. The maximum Gasteiger partial charge on any atom is 0.364 e. The molecule has 6 N–H and O–H groups in total. The highest BCUT2D eigenvalue weighted by Crippen LogP contribution is 2.52. The van der Waals surface area contributed by atoms with Crippen LogP contribution in [0.15, 0.2) is 0 Å². The average molecular weight is 532 g/mol. The number of aliphatic hydroxyl groups is 4. The third-order valence-electron chi connectivity index (χ3n) is 5.23. The van der Waals surface area contributed by atoms with E-state index in [0.29, 0.717) is 12.8 Å². The van der Waals surface area contributed by atoms with Gasteiger partial charge in [0.2, 0.25) is 5.91 Å². The van der Waals surface area contributed by atoms with Crippen LogP contribution < -0.4 is 5.32 Å². The second kappa shape index (κ2) is 14.7. The van der Waals surface area contributed by atoms with Gasteiger partial charge in [-0.05, 0) is 24.6 Å². The van der Waals surface area contributed by atoms with Crippen LogP contribution in [0.4, 0.5) is 0 Å². The smallest absolute Gasteiger partial charge is 0.364 e. The van der Waals surface area contributed by atoms with Gasteiger partial charge in [0.25, 0.3) is 5.79 Å².